The maximum absolute atomic E-state index is 12.2. The molecular weight excluding hydrogens is 408 g/mol. The number of hydrogen-bond acceptors (Lipinski definition) is 4. The number of rotatable bonds is 5. The Hall–Kier alpha value is -2.99. The summed E-state index contributed by atoms with van der Waals surface area (Å²) in [5.74, 6) is -0.599. The minimum Gasteiger partial charge on any atom is -0.465 e. The van der Waals surface area contributed by atoms with Crippen LogP contribution in [0.4, 0.5) is 0 Å². The summed E-state index contributed by atoms with van der Waals surface area (Å²) in [5.41, 5.74) is 4.69. The van der Waals surface area contributed by atoms with E-state index in [2.05, 4.69) is 31.2 Å². The van der Waals surface area contributed by atoms with E-state index in [4.69, 9.17) is 0 Å². The van der Waals surface area contributed by atoms with Crippen LogP contribution in [0.15, 0.2) is 70.2 Å². The van der Waals surface area contributed by atoms with Crippen LogP contribution in [0.25, 0.3) is 10.8 Å². The molecule has 0 aromatic heterocycles. The molecule has 0 heterocycles. The zero-order valence-corrected chi connectivity index (χ0v) is 16.2. The van der Waals surface area contributed by atoms with Crippen LogP contribution >= 0.6 is 15.9 Å². The number of esters is 1. The number of fused-ring (bicyclic) bond motifs is 1. The minimum absolute atomic E-state index is 0.204. The molecule has 0 spiro atoms. The summed E-state index contributed by atoms with van der Waals surface area (Å²) >= 11 is 3.53. The second kappa shape index (κ2) is 8.60. The maximum atomic E-state index is 12.2. The van der Waals surface area contributed by atoms with Gasteiger partial charge in [-0.15, -0.1) is 0 Å². The Morgan fingerprint density at radius 2 is 1.74 bits per heavy atom. The number of nitrogens with one attached hydrogen (secondary N) is 1. The lowest BCUT2D eigenvalue weighted by Gasteiger charge is -2.07. The third kappa shape index (κ3) is 4.60. The van der Waals surface area contributed by atoms with E-state index in [1.165, 1.54) is 13.3 Å². The number of halogens is 1. The van der Waals surface area contributed by atoms with Gasteiger partial charge in [0.25, 0.3) is 0 Å². The average molecular weight is 425 g/mol. The monoisotopic (exact) mass is 424 g/mol. The van der Waals surface area contributed by atoms with Gasteiger partial charge < -0.3 is 4.74 Å². The first-order valence-corrected chi connectivity index (χ1v) is 9.04. The van der Waals surface area contributed by atoms with Gasteiger partial charge in [-0.1, -0.05) is 58.4 Å². The molecule has 5 nitrogen and oxygen atoms in total. The van der Waals surface area contributed by atoms with E-state index in [-0.39, 0.29) is 12.3 Å². The van der Waals surface area contributed by atoms with Crippen LogP contribution in [0.2, 0.25) is 0 Å². The predicted molar refractivity (Wildman–Crippen MR) is 109 cm³/mol. The number of nitrogens with zero attached hydrogens (tertiary/aromatic N) is 1. The summed E-state index contributed by atoms with van der Waals surface area (Å²) in [6.07, 6.45) is 1.76. The number of benzene rings is 3. The molecule has 3 aromatic rings. The largest absolute Gasteiger partial charge is 0.465 e. The molecule has 0 saturated heterocycles. The van der Waals surface area contributed by atoms with Gasteiger partial charge in [-0.05, 0) is 40.1 Å². The Labute approximate surface area is 165 Å². The summed E-state index contributed by atoms with van der Waals surface area (Å²) in [7, 11) is 1.34. The Bertz CT molecular complexity index is 1010. The van der Waals surface area contributed by atoms with Gasteiger partial charge in [0.1, 0.15) is 0 Å². The maximum Gasteiger partial charge on any atom is 0.337 e. The fraction of sp³-hybridized carbons (Fsp3) is 0.0952. The Balaban J connectivity index is 1.64. The predicted octanol–water partition coefficient (Wildman–Crippen LogP) is 4.08. The molecule has 6 heteroatoms. The van der Waals surface area contributed by atoms with Gasteiger partial charge in [0.15, 0.2) is 0 Å². The van der Waals surface area contributed by atoms with Crippen LogP contribution < -0.4 is 5.43 Å². The van der Waals surface area contributed by atoms with Crippen molar-refractivity contribution in [1.82, 2.24) is 5.43 Å². The van der Waals surface area contributed by atoms with E-state index in [0.29, 0.717) is 5.56 Å². The van der Waals surface area contributed by atoms with Crippen molar-refractivity contribution in [3.63, 3.8) is 0 Å². The highest BCUT2D eigenvalue weighted by Gasteiger charge is 2.08. The number of hydrogen-bond donors (Lipinski definition) is 1. The van der Waals surface area contributed by atoms with E-state index >= 15 is 0 Å². The molecule has 0 aliphatic rings. The van der Waals surface area contributed by atoms with Crippen molar-refractivity contribution in [1.29, 1.82) is 0 Å². The summed E-state index contributed by atoms with van der Waals surface area (Å²) in [6.45, 7) is 0. The van der Waals surface area contributed by atoms with Crippen molar-refractivity contribution >= 4 is 44.8 Å². The third-order valence-corrected chi connectivity index (χ3v) is 4.74. The first kappa shape index (κ1) is 18.8. The zero-order chi connectivity index (χ0) is 19.2. The lowest BCUT2D eigenvalue weighted by atomic mass is 10.0. The molecule has 0 radical (unpaired) electrons. The van der Waals surface area contributed by atoms with Crippen LogP contribution in [-0.4, -0.2) is 25.2 Å². The summed E-state index contributed by atoms with van der Waals surface area (Å²) in [6, 6.07) is 18.5. The van der Waals surface area contributed by atoms with Crippen LogP contribution in [0.3, 0.4) is 0 Å². The van der Waals surface area contributed by atoms with Crippen molar-refractivity contribution in [2.75, 3.05) is 7.11 Å². The Morgan fingerprint density at radius 1 is 1.04 bits per heavy atom. The number of ether oxygens (including phenoxy) is 1. The summed E-state index contributed by atoms with van der Waals surface area (Å²) < 4.78 is 5.65. The first-order valence-electron chi connectivity index (χ1n) is 8.25. The molecule has 136 valence electrons. The van der Waals surface area contributed by atoms with E-state index < -0.39 is 5.97 Å². The van der Waals surface area contributed by atoms with Gasteiger partial charge >= 0.3 is 5.97 Å². The molecule has 0 bridgehead atoms. The standard InChI is InChI=1S/C21H17BrN2O3/c1-27-21(26)15-8-6-14(7-9-15)13-23-24-20(25)12-16-10-11-19(22)18-5-3-2-4-17(16)18/h2-11,13H,12H2,1H3,(H,24,25). The molecular formula is C21H17BrN2O3. The average Bonchev–Trinajstić information content (AvgIpc) is 2.70. The van der Waals surface area contributed by atoms with Crippen molar-refractivity contribution < 1.29 is 14.3 Å². The molecule has 0 fully saturated rings. The number of carbonyl (C=O) groups is 2. The smallest absolute Gasteiger partial charge is 0.337 e. The molecule has 0 saturated carbocycles. The van der Waals surface area contributed by atoms with Crippen LogP contribution in [0, 0.1) is 0 Å². The van der Waals surface area contributed by atoms with E-state index in [1.807, 2.05) is 36.4 Å². The van der Waals surface area contributed by atoms with Gasteiger partial charge in [0, 0.05) is 4.47 Å². The van der Waals surface area contributed by atoms with Crippen molar-refractivity contribution in [3.8, 4) is 0 Å². The zero-order valence-electron chi connectivity index (χ0n) is 14.6. The van der Waals surface area contributed by atoms with Gasteiger partial charge in [-0.3, -0.25) is 4.79 Å². The van der Waals surface area contributed by atoms with Crippen LogP contribution in [0.5, 0.6) is 0 Å². The van der Waals surface area contributed by atoms with E-state index in [0.717, 1.165) is 26.4 Å². The normalized spacial score (nSPS) is 10.9. The van der Waals surface area contributed by atoms with Gasteiger partial charge in [-0.25, -0.2) is 10.2 Å². The van der Waals surface area contributed by atoms with Crippen LogP contribution in [0.1, 0.15) is 21.5 Å². The third-order valence-electron chi connectivity index (χ3n) is 4.05. The summed E-state index contributed by atoms with van der Waals surface area (Å²) in [5, 5.41) is 6.08. The van der Waals surface area contributed by atoms with Gasteiger partial charge in [0.05, 0.1) is 25.3 Å². The second-order valence-electron chi connectivity index (χ2n) is 5.84. The molecule has 0 atom stereocenters. The highest BCUT2D eigenvalue weighted by atomic mass is 79.9. The van der Waals surface area contributed by atoms with E-state index in [9.17, 15) is 9.59 Å². The fourth-order valence-corrected chi connectivity index (χ4v) is 3.17. The molecule has 3 rings (SSSR count). The molecule has 0 aliphatic heterocycles. The van der Waals surface area contributed by atoms with Crippen molar-refractivity contribution in [3.05, 3.63) is 81.8 Å². The fourth-order valence-electron chi connectivity index (χ4n) is 2.69. The first-order chi connectivity index (χ1) is 13.1. The molecule has 0 aliphatic carbocycles. The van der Waals surface area contributed by atoms with Gasteiger partial charge in [0.2, 0.25) is 5.91 Å². The molecule has 27 heavy (non-hydrogen) atoms. The van der Waals surface area contributed by atoms with Crippen molar-refractivity contribution in [2.45, 2.75) is 6.42 Å². The van der Waals surface area contributed by atoms with Crippen molar-refractivity contribution in [2.24, 2.45) is 5.10 Å². The van der Waals surface area contributed by atoms with E-state index in [1.54, 1.807) is 24.3 Å². The SMILES string of the molecule is COC(=O)c1ccc(C=NNC(=O)Cc2ccc(Br)c3ccccc23)cc1. The second-order valence-corrected chi connectivity index (χ2v) is 6.69. The number of hydrazone groups is 1. The molecule has 3 aromatic carbocycles. The molecule has 1 N–H and O–H groups in total. The highest BCUT2D eigenvalue weighted by molar-refractivity contribution is 9.10. The number of amides is 1. The lowest BCUT2D eigenvalue weighted by Crippen LogP contribution is -2.19. The number of methoxy groups -OCH3 is 1. The summed E-state index contributed by atoms with van der Waals surface area (Å²) in [4.78, 5) is 23.6. The van der Waals surface area contributed by atoms with Crippen LogP contribution in [-0.2, 0) is 16.0 Å². The topological polar surface area (TPSA) is 67.8 Å². The quantitative estimate of drug-likeness (QED) is 0.381. The number of carbonyl (C=O) groups excluding carboxylic acids is 2. The lowest BCUT2D eigenvalue weighted by molar-refractivity contribution is -0.120. The van der Waals surface area contributed by atoms with Gasteiger partial charge in [-0.2, -0.15) is 5.10 Å². The Morgan fingerprint density at radius 3 is 2.44 bits per heavy atom. The molecule has 1 amide bonds. The Kier molecular flexibility index (Phi) is 5.98. The molecule has 0 unspecified atom stereocenters. The minimum atomic E-state index is -0.395. The highest BCUT2D eigenvalue weighted by Crippen LogP contribution is 2.27.